The molecule has 1 saturated heterocycles. The van der Waals surface area contributed by atoms with E-state index in [0.717, 1.165) is 19.4 Å². The molecule has 1 rings (SSSR count). The van der Waals surface area contributed by atoms with E-state index in [1.807, 2.05) is 4.90 Å². The molecule has 1 fully saturated rings. The van der Waals surface area contributed by atoms with E-state index in [-0.39, 0.29) is 10.7 Å². The summed E-state index contributed by atoms with van der Waals surface area (Å²) in [4.78, 5) is 13.9. The zero-order valence-corrected chi connectivity index (χ0v) is 10.2. The molecule has 13 heavy (non-hydrogen) atoms. The van der Waals surface area contributed by atoms with Gasteiger partial charge in [0.2, 0.25) is 5.91 Å². The van der Waals surface area contributed by atoms with E-state index in [2.05, 4.69) is 36.7 Å². The smallest absolute Gasteiger partial charge is 0.236 e. The van der Waals surface area contributed by atoms with E-state index in [1.54, 1.807) is 0 Å². The van der Waals surface area contributed by atoms with Gasteiger partial charge in [0.1, 0.15) is 0 Å². The largest absolute Gasteiger partial charge is 0.339 e. The van der Waals surface area contributed by atoms with Crippen molar-refractivity contribution in [1.29, 1.82) is 0 Å². The van der Waals surface area contributed by atoms with Crippen molar-refractivity contribution in [2.45, 2.75) is 44.5 Å². The molecule has 2 atom stereocenters. The second-order valence-electron chi connectivity index (χ2n) is 4.17. The maximum absolute atomic E-state index is 11.9. The Morgan fingerprint density at radius 2 is 2.15 bits per heavy atom. The highest BCUT2D eigenvalue weighted by Gasteiger charge is 2.30. The lowest BCUT2D eigenvalue weighted by atomic mass is 10.1. The van der Waals surface area contributed by atoms with Crippen LogP contribution in [-0.2, 0) is 4.79 Å². The number of hydrogen-bond acceptors (Lipinski definition) is 1. The summed E-state index contributed by atoms with van der Waals surface area (Å²) in [5, 5.41) is 0. The van der Waals surface area contributed by atoms with Crippen LogP contribution >= 0.6 is 15.9 Å². The number of carbonyl (C=O) groups excluding carboxylic acids is 1. The standard InChI is InChI=1S/C10H18BrNO/c1-7(2)9(11)10(13)12-6-4-5-8(12)3/h7-9H,4-6H2,1-3H3. The quantitative estimate of drug-likeness (QED) is 0.687. The number of hydrogen-bond donors (Lipinski definition) is 0. The first-order valence-corrected chi connectivity index (χ1v) is 5.90. The van der Waals surface area contributed by atoms with E-state index < -0.39 is 0 Å². The molecule has 0 radical (unpaired) electrons. The van der Waals surface area contributed by atoms with Gasteiger partial charge in [0, 0.05) is 12.6 Å². The predicted octanol–water partition coefficient (Wildman–Crippen LogP) is 2.42. The van der Waals surface area contributed by atoms with Crippen molar-refractivity contribution < 1.29 is 4.79 Å². The molecule has 1 aliphatic rings. The number of alkyl halides is 1. The zero-order valence-electron chi connectivity index (χ0n) is 8.59. The monoisotopic (exact) mass is 247 g/mol. The summed E-state index contributed by atoms with van der Waals surface area (Å²) in [6.07, 6.45) is 2.31. The Bertz CT molecular complexity index is 193. The van der Waals surface area contributed by atoms with Crippen molar-refractivity contribution in [2.24, 2.45) is 5.92 Å². The van der Waals surface area contributed by atoms with Gasteiger partial charge >= 0.3 is 0 Å². The molecule has 1 heterocycles. The van der Waals surface area contributed by atoms with E-state index >= 15 is 0 Å². The van der Waals surface area contributed by atoms with Gasteiger partial charge in [-0.05, 0) is 25.7 Å². The Hall–Kier alpha value is -0.0500. The Balaban J connectivity index is 2.56. The van der Waals surface area contributed by atoms with E-state index in [0.29, 0.717) is 12.0 Å². The maximum atomic E-state index is 11.9. The molecular formula is C10H18BrNO. The molecule has 1 amide bonds. The highest BCUT2D eigenvalue weighted by Crippen LogP contribution is 2.22. The summed E-state index contributed by atoms with van der Waals surface area (Å²) in [5.41, 5.74) is 0. The Morgan fingerprint density at radius 1 is 1.54 bits per heavy atom. The third-order valence-electron chi connectivity index (χ3n) is 2.66. The van der Waals surface area contributed by atoms with Gasteiger partial charge < -0.3 is 4.90 Å². The van der Waals surface area contributed by atoms with Crippen LogP contribution in [0.2, 0.25) is 0 Å². The van der Waals surface area contributed by atoms with Gasteiger partial charge in [0.05, 0.1) is 4.83 Å². The van der Waals surface area contributed by atoms with Crippen LogP contribution in [0.15, 0.2) is 0 Å². The fourth-order valence-electron chi connectivity index (χ4n) is 1.70. The SMILES string of the molecule is CC(C)C(Br)C(=O)N1CCCC1C. The van der Waals surface area contributed by atoms with Crippen molar-refractivity contribution in [1.82, 2.24) is 4.90 Å². The third-order valence-corrected chi connectivity index (χ3v) is 4.11. The minimum atomic E-state index is -0.00644. The maximum Gasteiger partial charge on any atom is 0.236 e. The average Bonchev–Trinajstić information content (AvgIpc) is 2.48. The van der Waals surface area contributed by atoms with Gasteiger partial charge in [-0.2, -0.15) is 0 Å². The van der Waals surface area contributed by atoms with Gasteiger partial charge in [-0.3, -0.25) is 4.79 Å². The predicted molar refractivity (Wildman–Crippen MR) is 58.0 cm³/mol. The van der Waals surface area contributed by atoms with E-state index in [1.165, 1.54) is 0 Å². The number of halogens is 1. The van der Waals surface area contributed by atoms with Crippen molar-refractivity contribution in [3.63, 3.8) is 0 Å². The zero-order chi connectivity index (χ0) is 10.0. The molecule has 0 aromatic heterocycles. The molecule has 2 nitrogen and oxygen atoms in total. The minimum absolute atomic E-state index is 0.00644. The normalized spacial score (nSPS) is 25.3. The average molecular weight is 248 g/mol. The van der Waals surface area contributed by atoms with Gasteiger partial charge in [-0.15, -0.1) is 0 Å². The second-order valence-corrected chi connectivity index (χ2v) is 5.16. The lowest BCUT2D eigenvalue weighted by Crippen LogP contribution is -2.40. The molecule has 0 saturated carbocycles. The lowest BCUT2D eigenvalue weighted by Gasteiger charge is -2.25. The summed E-state index contributed by atoms with van der Waals surface area (Å²) < 4.78 is 0. The number of carbonyl (C=O) groups is 1. The summed E-state index contributed by atoms with van der Waals surface area (Å²) in [6, 6.07) is 0.436. The van der Waals surface area contributed by atoms with Crippen LogP contribution in [0.1, 0.15) is 33.6 Å². The molecule has 2 unspecified atom stereocenters. The van der Waals surface area contributed by atoms with Crippen molar-refractivity contribution in [2.75, 3.05) is 6.54 Å². The van der Waals surface area contributed by atoms with Gasteiger partial charge in [0.15, 0.2) is 0 Å². The van der Waals surface area contributed by atoms with Crippen LogP contribution in [0, 0.1) is 5.92 Å². The minimum Gasteiger partial charge on any atom is -0.339 e. The third kappa shape index (κ3) is 2.46. The fourth-order valence-corrected chi connectivity index (χ4v) is 1.97. The van der Waals surface area contributed by atoms with Crippen LogP contribution in [0.4, 0.5) is 0 Å². The number of amides is 1. The Kier molecular flexibility index (Phi) is 3.77. The second kappa shape index (κ2) is 4.45. The van der Waals surface area contributed by atoms with Crippen LogP contribution in [0.3, 0.4) is 0 Å². The first kappa shape index (κ1) is 11.0. The molecule has 0 N–H and O–H groups in total. The number of rotatable bonds is 2. The Labute approximate surface area is 88.8 Å². The highest BCUT2D eigenvalue weighted by atomic mass is 79.9. The van der Waals surface area contributed by atoms with Crippen LogP contribution in [0.25, 0.3) is 0 Å². The molecule has 0 spiro atoms. The van der Waals surface area contributed by atoms with Crippen LogP contribution in [-0.4, -0.2) is 28.2 Å². The van der Waals surface area contributed by atoms with E-state index in [9.17, 15) is 4.79 Å². The molecule has 1 aliphatic heterocycles. The Morgan fingerprint density at radius 3 is 2.54 bits per heavy atom. The number of likely N-dealkylation sites (tertiary alicyclic amines) is 1. The topological polar surface area (TPSA) is 20.3 Å². The molecule has 0 bridgehead atoms. The van der Waals surface area contributed by atoms with Crippen molar-refractivity contribution >= 4 is 21.8 Å². The van der Waals surface area contributed by atoms with Gasteiger partial charge in [-0.25, -0.2) is 0 Å². The van der Waals surface area contributed by atoms with Crippen LogP contribution in [0.5, 0.6) is 0 Å². The molecule has 76 valence electrons. The lowest BCUT2D eigenvalue weighted by molar-refractivity contribution is -0.131. The van der Waals surface area contributed by atoms with Gasteiger partial charge in [0.25, 0.3) is 0 Å². The first-order chi connectivity index (χ1) is 6.04. The molecule has 0 aromatic rings. The first-order valence-electron chi connectivity index (χ1n) is 4.98. The molecule has 0 aromatic carbocycles. The van der Waals surface area contributed by atoms with E-state index in [4.69, 9.17) is 0 Å². The number of nitrogens with zero attached hydrogens (tertiary/aromatic N) is 1. The molecule has 3 heteroatoms. The summed E-state index contributed by atoms with van der Waals surface area (Å²) >= 11 is 3.45. The summed E-state index contributed by atoms with van der Waals surface area (Å²) in [5.74, 6) is 0.639. The van der Waals surface area contributed by atoms with Crippen LogP contribution < -0.4 is 0 Å². The molecular weight excluding hydrogens is 230 g/mol. The van der Waals surface area contributed by atoms with Crippen molar-refractivity contribution in [3.05, 3.63) is 0 Å². The fraction of sp³-hybridized carbons (Fsp3) is 0.900. The highest BCUT2D eigenvalue weighted by molar-refractivity contribution is 9.10. The summed E-state index contributed by atoms with van der Waals surface area (Å²) in [6.45, 7) is 7.20. The summed E-state index contributed by atoms with van der Waals surface area (Å²) in [7, 11) is 0. The van der Waals surface area contributed by atoms with Crippen molar-refractivity contribution in [3.8, 4) is 0 Å². The van der Waals surface area contributed by atoms with Gasteiger partial charge in [-0.1, -0.05) is 29.8 Å². The molecule has 0 aliphatic carbocycles.